The van der Waals surface area contributed by atoms with E-state index in [0.717, 1.165) is 19.4 Å². The van der Waals surface area contributed by atoms with Crippen LogP contribution in [-0.2, 0) is 6.42 Å². The summed E-state index contributed by atoms with van der Waals surface area (Å²) >= 11 is 1.77. The van der Waals surface area contributed by atoms with Gasteiger partial charge in [0.25, 0.3) is 5.91 Å². The van der Waals surface area contributed by atoms with E-state index in [1.54, 1.807) is 23.5 Å². The monoisotopic (exact) mass is 289 g/mol. The minimum atomic E-state index is -0.313. The summed E-state index contributed by atoms with van der Waals surface area (Å²) in [5.41, 5.74) is 1.84. The van der Waals surface area contributed by atoms with Gasteiger partial charge in [-0.05, 0) is 54.1 Å². The van der Waals surface area contributed by atoms with E-state index in [1.165, 1.54) is 22.6 Å². The number of carbonyl (C=O) groups is 1. The van der Waals surface area contributed by atoms with Crippen LogP contribution in [0.25, 0.3) is 0 Å². The lowest BCUT2D eigenvalue weighted by Gasteiger charge is -2.35. The average molecular weight is 289 g/mol. The molecule has 1 aromatic heterocycles. The summed E-state index contributed by atoms with van der Waals surface area (Å²) < 4.78 is 13.0. The van der Waals surface area contributed by atoms with Crippen molar-refractivity contribution in [2.24, 2.45) is 0 Å². The molecule has 104 valence electrons. The molecule has 0 saturated heterocycles. The molecule has 2 nitrogen and oxygen atoms in total. The molecule has 0 radical (unpaired) electrons. The maximum absolute atomic E-state index is 13.0. The Morgan fingerprint density at radius 3 is 2.80 bits per heavy atom. The Hall–Kier alpha value is -1.68. The van der Waals surface area contributed by atoms with Crippen LogP contribution in [0.5, 0.6) is 0 Å². The molecule has 0 saturated carbocycles. The highest BCUT2D eigenvalue weighted by molar-refractivity contribution is 7.10. The molecule has 1 aliphatic heterocycles. The van der Waals surface area contributed by atoms with Gasteiger partial charge in [-0.2, -0.15) is 0 Å². The molecule has 1 atom stereocenters. The smallest absolute Gasteiger partial charge is 0.254 e. The first-order valence-corrected chi connectivity index (χ1v) is 7.71. The second-order valence-corrected chi connectivity index (χ2v) is 5.98. The Balaban J connectivity index is 1.90. The van der Waals surface area contributed by atoms with Crippen molar-refractivity contribution >= 4 is 17.2 Å². The Kier molecular flexibility index (Phi) is 3.57. The van der Waals surface area contributed by atoms with E-state index in [-0.39, 0.29) is 17.8 Å². The molecule has 1 aromatic carbocycles. The van der Waals surface area contributed by atoms with Gasteiger partial charge in [0.15, 0.2) is 0 Å². The van der Waals surface area contributed by atoms with Crippen molar-refractivity contribution in [3.05, 3.63) is 57.5 Å². The van der Waals surface area contributed by atoms with Crippen LogP contribution in [0.4, 0.5) is 4.39 Å². The molecule has 1 aliphatic rings. The number of amides is 1. The molecule has 0 spiro atoms. The van der Waals surface area contributed by atoms with Crippen LogP contribution in [0.3, 0.4) is 0 Å². The van der Waals surface area contributed by atoms with E-state index >= 15 is 0 Å². The van der Waals surface area contributed by atoms with Crippen molar-refractivity contribution in [1.29, 1.82) is 0 Å². The van der Waals surface area contributed by atoms with Gasteiger partial charge in [-0.25, -0.2) is 4.39 Å². The number of fused-ring (bicyclic) bond motifs is 1. The SMILES string of the molecule is CCC1c2ccsc2CCN1C(=O)c1ccc(F)cc1. The molecule has 20 heavy (non-hydrogen) atoms. The largest absolute Gasteiger partial charge is 0.331 e. The lowest BCUT2D eigenvalue weighted by molar-refractivity contribution is 0.0657. The van der Waals surface area contributed by atoms with Crippen molar-refractivity contribution in [3.8, 4) is 0 Å². The number of nitrogens with zero attached hydrogens (tertiary/aromatic N) is 1. The first-order chi connectivity index (χ1) is 9.70. The zero-order valence-corrected chi connectivity index (χ0v) is 12.1. The summed E-state index contributed by atoms with van der Waals surface area (Å²) in [4.78, 5) is 15.9. The standard InChI is InChI=1S/C16H16FNOS/c1-2-14-13-8-10-20-15(13)7-9-18(14)16(19)11-3-5-12(17)6-4-11/h3-6,8,10,14H,2,7,9H2,1H3. The molecule has 0 N–H and O–H groups in total. The highest BCUT2D eigenvalue weighted by Gasteiger charge is 2.30. The summed E-state index contributed by atoms with van der Waals surface area (Å²) in [7, 11) is 0. The second kappa shape index (κ2) is 5.37. The van der Waals surface area contributed by atoms with Crippen LogP contribution >= 0.6 is 11.3 Å². The van der Waals surface area contributed by atoms with Gasteiger partial charge in [0.05, 0.1) is 6.04 Å². The Bertz CT molecular complexity index is 620. The fraction of sp³-hybridized carbons (Fsp3) is 0.312. The molecular formula is C16H16FNOS. The Morgan fingerprint density at radius 1 is 1.35 bits per heavy atom. The summed E-state index contributed by atoms with van der Waals surface area (Å²) in [6, 6.07) is 8.07. The maximum Gasteiger partial charge on any atom is 0.254 e. The van der Waals surface area contributed by atoms with Crippen molar-refractivity contribution in [1.82, 2.24) is 4.90 Å². The van der Waals surface area contributed by atoms with Gasteiger partial charge in [-0.3, -0.25) is 4.79 Å². The van der Waals surface area contributed by atoms with Crippen LogP contribution in [0.2, 0.25) is 0 Å². The number of hydrogen-bond donors (Lipinski definition) is 0. The Morgan fingerprint density at radius 2 is 2.10 bits per heavy atom. The molecule has 0 bridgehead atoms. The lowest BCUT2D eigenvalue weighted by atomic mass is 9.97. The number of halogens is 1. The summed E-state index contributed by atoms with van der Waals surface area (Å²) in [5.74, 6) is -0.318. The molecular weight excluding hydrogens is 273 g/mol. The molecule has 1 unspecified atom stereocenters. The van der Waals surface area contributed by atoms with E-state index in [1.807, 2.05) is 4.90 Å². The molecule has 0 aliphatic carbocycles. The third kappa shape index (κ3) is 2.24. The molecule has 2 heterocycles. The van der Waals surface area contributed by atoms with Crippen molar-refractivity contribution < 1.29 is 9.18 Å². The molecule has 0 fully saturated rings. The maximum atomic E-state index is 13.0. The molecule has 1 amide bonds. The average Bonchev–Trinajstić information content (AvgIpc) is 2.94. The quantitative estimate of drug-likeness (QED) is 0.817. The van der Waals surface area contributed by atoms with Crippen LogP contribution in [0.1, 0.15) is 40.2 Å². The molecule has 2 aromatic rings. The third-order valence-electron chi connectivity index (χ3n) is 3.83. The predicted octanol–water partition coefficient (Wildman–Crippen LogP) is 4.04. The van der Waals surface area contributed by atoms with Gasteiger partial charge < -0.3 is 4.90 Å². The van der Waals surface area contributed by atoms with Gasteiger partial charge in [-0.15, -0.1) is 11.3 Å². The zero-order chi connectivity index (χ0) is 14.1. The first-order valence-electron chi connectivity index (χ1n) is 6.83. The van der Waals surface area contributed by atoms with E-state index in [9.17, 15) is 9.18 Å². The highest BCUT2D eigenvalue weighted by Crippen LogP contribution is 2.35. The van der Waals surface area contributed by atoms with Crippen molar-refractivity contribution in [2.75, 3.05) is 6.54 Å². The lowest BCUT2D eigenvalue weighted by Crippen LogP contribution is -2.39. The van der Waals surface area contributed by atoms with Crippen LogP contribution in [0, 0.1) is 5.82 Å². The van der Waals surface area contributed by atoms with Gasteiger partial charge in [0, 0.05) is 17.0 Å². The van der Waals surface area contributed by atoms with E-state index < -0.39 is 0 Å². The van der Waals surface area contributed by atoms with Gasteiger partial charge in [-0.1, -0.05) is 6.92 Å². The van der Waals surface area contributed by atoms with Crippen LogP contribution in [-0.4, -0.2) is 17.4 Å². The zero-order valence-electron chi connectivity index (χ0n) is 11.3. The summed E-state index contributed by atoms with van der Waals surface area (Å²) in [6.07, 6.45) is 1.81. The van der Waals surface area contributed by atoms with E-state index in [2.05, 4.69) is 18.4 Å². The normalized spacial score (nSPS) is 17.9. The molecule has 3 rings (SSSR count). The van der Waals surface area contributed by atoms with Gasteiger partial charge >= 0.3 is 0 Å². The van der Waals surface area contributed by atoms with Gasteiger partial charge in [0.2, 0.25) is 0 Å². The number of thiophene rings is 1. The van der Waals surface area contributed by atoms with Crippen molar-refractivity contribution in [2.45, 2.75) is 25.8 Å². The van der Waals surface area contributed by atoms with Gasteiger partial charge in [0.1, 0.15) is 5.82 Å². The number of hydrogen-bond acceptors (Lipinski definition) is 2. The minimum absolute atomic E-state index is 0.00583. The fourth-order valence-corrected chi connectivity index (χ4v) is 3.77. The highest BCUT2D eigenvalue weighted by atomic mass is 32.1. The number of carbonyl (C=O) groups excluding carboxylic acids is 1. The topological polar surface area (TPSA) is 20.3 Å². The number of rotatable bonds is 2. The first kappa shape index (κ1) is 13.3. The van der Waals surface area contributed by atoms with E-state index in [0.29, 0.717) is 5.56 Å². The summed E-state index contributed by atoms with van der Waals surface area (Å²) in [5, 5.41) is 2.10. The summed E-state index contributed by atoms with van der Waals surface area (Å²) in [6.45, 7) is 2.84. The molecule has 4 heteroatoms. The van der Waals surface area contributed by atoms with Crippen LogP contribution in [0.15, 0.2) is 35.7 Å². The van der Waals surface area contributed by atoms with E-state index in [4.69, 9.17) is 0 Å². The second-order valence-electron chi connectivity index (χ2n) is 4.98. The Labute approximate surface area is 121 Å². The third-order valence-corrected chi connectivity index (χ3v) is 4.83. The fourth-order valence-electron chi connectivity index (χ4n) is 2.84. The minimum Gasteiger partial charge on any atom is -0.331 e. The predicted molar refractivity (Wildman–Crippen MR) is 78.5 cm³/mol. The van der Waals surface area contributed by atoms with Crippen LogP contribution < -0.4 is 0 Å². The van der Waals surface area contributed by atoms with Crippen molar-refractivity contribution in [3.63, 3.8) is 0 Å². The number of benzene rings is 1.